The maximum Gasteiger partial charge on any atom is 0.254 e. The summed E-state index contributed by atoms with van der Waals surface area (Å²) in [6.07, 6.45) is 0. The first-order chi connectivity index (χ1) is 11.0. The lowest BCUT2D eigenvalue weighted by Crippen LogP contribution is -2.48. The molecule has 1 amide bonds. The Bertz CT molecular complexity index is 701. The second-order valence-corrected chi connectivity index (χ2v) is 7.05. The van der Waals surface area contributed by atoms with Crippen molar-refractivity contribution in [3.05, 3.63) is 63.6 Å². The summed E-state index contributed by atoms with van der Waals surface area (Å²) in [5.41, 5.74) is 4.58. The van der Waals surface area contributed by atoms with Gasteiger partial charge in [-0.3, -0.25) is 4.79 Å². The first kappa shape index (κ1) is 16.1. The van der Waals surface area contributed by atoms with Gasteiger partial charge >= 0.3 is 0 Å². The van der Waals surface area contributed by atoms with Crippen molar-refractivity contribution in [1.82, 2.24) is 4.90 Å². The normalized spacial score (nSPS) is 14.9. The highest BCUT2D eigenvalue weighted by atomic mass is 79.9. The quantitative estimate of drug-likeness (QED) is 0.794. The maximum absolute atomic E-state index is 12.6. The van der Waals surface area contributed by atoms with E-state index in [0.29, 0.717) is 0 Å². The third-order valence-electron chi connectivity index (χ3n) is 4.21. The third kappa shape index (κ3) is 3.75. The zero-order valence-corrected chi connectivity index (χ0v) is 15.1. The molecule has 0 unspecified atom stereocenters. The minimum atomic E-state index is 0.117. The van der Waals surface area contributed by atoms with E-state index >= 15 is 0 Å². The number of anilines is 1. The van der Waals surface area contributed by atoms with Crippen LogP contribution < -0.4 is 4.90 Å². The summed E-state index contributed by atoms with van der Waals surface area (Å²) in [6, 6.07) is 14.2. The fourth-order valence-electron chi connectivity index (χ4n) is 3.11. The van der Waals surface area contributed by atoms with Crippen LogP contribution in [-0.4, -0.2) is 37.0 Å². The van der Waals surface area contributed by atoms with Gasteiger partial charge in [-0.15, -0.1) is 0 Å². The van der Waals surface area contributed by atoms with E-state index in [1.807, 2.05) is 29.2 Å². The molecule has 1 fully saturated rings. The molecule has 0 bridgehead atoms. The summed E-state index contributed by atoms with van der Waals surface area (Å²) in [5.74, 6) is 0.117. The van der Waals surface area contributed by atoms with Gasteiger partial charge < -0.3 is 9.80 Å². The lowest BCUT2D eigenvalue weighted by atomic mass is 10.1. The topological polar surface area (TPSA) is 23.6 Å². The number of halogens is 1. The fraction of sp³-hybridized carbons (Fsp3) is 0.316. The fourth-order valence-corrected chi connectivity index (χ4v) is 3.50. The Labute approximate surface area is 146 Å². The van der Waals surface area contributed by atoms with E-state index in [2.05, 4.69) is 52.9 Å². The first-order valence-electron chi connectivity index (χ1n) is 7.91. The van der Waals surface area contributed by atoms with Crippen LogP contribution in [0, 0.1) is 13.8 Å². The largest absolute Gasteiger partial charge is 0.368 e. The average molecular weight is 373 g/mol. The number of aryl methyl sites for hydroxylation is 2. The van der Waals surface area contributed by atoms with Crippen molar-refractivity contribution in [1.29, 1.82) is 0 Å². The van der Waals surface area contributed by atoms with Crippen molar-refractivity contribution in [2.75, 3.05) is 31.1 Å². The lowest BCUT2D eigenvalue weighted by molar-refractivity contribution is 0.0746. The van der Waals surface area contributed by atoms with Gasteiger partial charge in [-0.2, -0.15) is 0 Å². The highest BCUT2D eigenvalue weighted by Gasteiger charge is 2.22. The molecule has 0 atom stereocenters. The highest BCUT2D eigenvalue weighted by Crippen LogP contribution is 2.21. The molecule has 0 radical (unpaired) electrons. The molecule has 1 aliphatic heterocycles. The number of nitrogens with zero attached hydrogens (tertiary/aromatic N) is 2. The van der Waals surface area contributed by atoms with E-state index in [-0.39, 0.29) is 5.91 Å². The minimum absolute atomic E-state index is 0.117. The second kappa shape index (κ2) is 6.75. The molecule has 0 spiro atoms. The summed E-state index contributed by atoms with van der Waals surface area (Å²) in [4.78, 5) is 16.9. The number of hydrogen-bond donors (Lipinski definition) is 0. The molecule has 1 heterocycles. The van der Waals surface area contributed by atoms with E-state index in [1.54, 1.807) is 0 Å². The Morgan fingerprint density at radius 2 is 1.61 bits per heavy atom. The molecule has 4 heteroatoms. The molecule has 1 aliphatic rings. The van der Waals surface area contributed by atoms with E-state index in [1.165, 1.54) is 16.8 Å². The van der Waals surface area contributed by atoms with Gasteiger partial charge in [0.25, 0.3) is 5.91 Å². The van der Waals surface area contributed by atoms with Gasteiger partial charge in [0.15, 0.2) is 0 Å². The third-order valence-corrected chi connectivity index (χ3v) is 4.70. The van der Waals surface area contributed by atoms with Crippen molar-refractivity contribution >= 4 is 27.5 Å². The number of hydrogen-bond acceptors (Lipinski definition) is 2. The van der Waals surface area contributed by atoms with Crippen LogP contribution in [0.5, 0.6) is 0 Å². The molecule has 1 saturated heterocycles. The summed E-state index contributed by atoms with van der Waals surface area (Å²) in [7, 11) is 0. The van der Waals surface area contributed by atoms with Crippen molar-refractivity contribution in [2.24, 2.45) is 0 Å². The Balaban J connectivity index is 1.67. The van der Waals surface area contributed by atoms with Crippen molar-refractivity contribution in [2.45, 2.75) is 13.8 Å². The van der Waals surface area contributed by atoms with Crippen molar-refractivity contribution < 1.29 is 4.79 Å². The standard InChI is InChI=1S/C19H21BrN2O/c1-14-10-15(2)12-18(11-14)21-6-8-22(9-7-21)19(23)16-4-3-5-17(20)13-16/h3-5,10-13H,6-9H2,1-2H3. The Kier molecular flexibility index (Phi) is 4.71. The molecule has 0 saturated carbocycles. The number of piperazine rings is 1. The van der Waals surface area contributed by atoms with Gasteiger partial charge in [0.2, 0.25) is 0 Å². The zero-order chi connectivity index (χ0) is 16.4. The second-order valence-electron chi connectivity index (χ2n) is 6.14. The Hall–Kier alpha value is -1.81. The smallest absolute Gasteiger partial charge is 0.254 e. The zero-order valence-electron chi connectivity index (χ0n) is 13.6. The molecule has 2 aromatic carbocycles. The summed E-state index contributed by atoms with van der Waals surface area (Å²) in [6.45, 7) is 7.54. The monoisotopic (exact) mass is 372 g/mol. The SMILES string of the molecule is Cc1cc(C)cc(N2CCN(C(=O)c3cccc(Br)c3)CC2)c1. The van der Waals surface area contributed by atoms with E-state index in [0.717, 1.165) is 36.2 Å². The first-order valence-corrected chi connectivity index (χ1v) is 8.70. The van der Waals surface area contributed by atoms with Gasteiger partial charge in [0.05, 0.1) is 0 Å². The van der Waals surface area contributed by atoms with Crippen LogP contribution in [-0.2, 0) is 0 Å². The van der Waals surface area contributed by atoms with Crippen LogP contribution in [0.4, 0.5) is 5.69 Å². The van der Waals surface area contributed by atoms with E-state index in [9.17, 15) is 4.79 Å². The van der Waals surface area contributed by atoms with E-state index in [4.69, 9.17) is 0 Å². The number of rotatable bonds is 2. The predicted octanol–water partition coefficient (Wildman–Crippen LogP) is 4.03. The van der Waals surface area contributed by atoms with Crippen LogP contribution in [0.2, 0.25) is 0 Å². The van der Waals surface area contributed by atoms with Crippen LogP contribution >= 0.6 is 15.9 Å². The van der Waals surface area contributed by atoms with Gasteiger partial charge in [-0.05, 0) is 55.3 Å². The van der Waals surface area contributed by atoms with Crippen molar-refractivity contribution in [3.63, 3.8) is 0 Å². The summed E-state index contributed by atoms with van der Waals surface area (Å²) < 4.78 is 0.942. The molecule has 3 rings (SSSR count). The van der Waals surface area contributed by atoms with Gasteiger partial charge in [0.1, 0.15) is 0 Å². The molecule has 0 N–H and O–H groups in total. The highest BCUT2D eigenvalue weighted by molar-refractivity contribution is 9.10. The molecule has 0 aliphatic carbocycles. The average Bonchev–Trinajstić information content (AvgIpc) is 2.53. The van der Waals surface area contributed by atoms with Crippen LogP contribution in [0.15, 0.2) is 46.9 Å². The van der Waals surface area contributed by atoms with Crippen LogP contribution in [0.1, 0.15) is 21.5 Å². The van der Waals surface area contributed by atoms with Crippen LogP contribution in [0.3, 0.4) is 0 Å². The molecular weight excluding hydrogens is 352 g/mol. The lowest BCUT2D eigenvalue weighted by Gasteiger charge is -2.36. The molecule has 2 aromatic rings. The molecular formula is C19H21BrN2O. The Morgan fingerprint density at radius 1 is 0.957 bits per heavy atom. The maximum atomic E-state index is 12.6. The van der Waals surface area contributed by atoms with Gasteiger partial charge in [0, 0.05) is 41.9 Å². The van der Waals surface area contributed by atoms with E-state index < -0.39 is 0 Å². The Morgan fingerprint density at radius 3 is 2.22 bits per heavy atom. The molecule has 23 heavy (non-hydrogen) atoms. The van der Waals surface area contributed by atoms with Crippen molar-refractivity contribution in [3.8, 4) is 0 Å². The number of amides is 1. The number of carbonyl (C=O) groups is 1. The van der Waals surface area contributed by atoms with Gasteiger partial charge in [-0.1, -0.05) is 28.1 Å². The number of carbonyl (C=O) groups excluding carboxylic acids is 1. The molecule has 3 nitrogen and oxygen atoms in total. The molecule has 0 aromatic heterocycles. The summed E-state index contributed by atoms with van der Waals surface area (Å²) >= 11 is 3.43. The predicted molar refractivity (Wildman–Crippen MR) is 98.2 cm³/mol. The molecule has 120 valence electrons. The minimum Gasteiger partial charge on any atom is -0.368 e. The number of benzene rings is 2. The summed E-state index contributed by atoms with van der Waals surface area (Å²) in [5, 5.41) is 0. The van der Waals surface area contributed by atoms with Gasteiger partial charge in [-0.25, -0.2) is 0 Å². The van der Waals surface area contributed by atoms with Crippen LogP contribution in [0.25, 0.3) is 0 Å².